The lowest BCUT2D eigenvalue weighted by Crippen LogP contribution is -2.54. The van der Waals surface area contributed by atoms with Gasteiger partial charge in [0.05, 0.1) is 16.1 Å². The number of hydrogen-bond donors (Lipinski definition) is 3. The third-order valence-electron chi connectivity index (χ3n) is 4.83. The molecule has 1 fully saturated rings. The average molecular weight is 390 g/mol. The number of anilines is 1. The maximum Gasteiger partial charge on any atom is 0.329 e. The number of carboxylic acids is 1. The summed E-state index contributed by atoms with van der Waals surface area (Å²) in [5.74, 6) is -1.63. The minimum atomic E-state index is -1.22. The predicted molar refractivity (Wildman–Crippen MR) is 101 cm³/mol. The molecule has 1 aliphatic rings. The molecule has 27 heavy (non-hydrogen) atoms. The molecule has 2 heterocycles. The number of amides is 2. The van der Waals surface area contributed by atoms with Crippen molar-refractivity contribution in [3.05, 3.63) is 40.7 Å². The Morgan fingerprint density at radius 1 is 1.15 bits per heavy atom. The van der Waals surface area contributed by atoms with Gasteiger partial charge >= 0.3 is 5.97 Å². The molecule has 1 saturated carbocycles. The number of carboxylic acid groups (broad SMARTS) is 1. The van der Waals surface area contributed by atoms with Gasteiger partial charge in [0.25, 0.3) is 11.8 Å². The molecule has 144 valence electrons. The van der Waals surface area contributed by atoms with E-state index in [0.29, 0.717) is 28.3 Å². The molecule has 1 aliphatic carbocycles. The zero-order valence-electron chi connectivity index (χ0n) is 15.0. The van der Waals surface area contributed by atoms with Crippen molar-refractivity contribution >= 4 is 34.1 Å². The molecule has 7 nitrogen and oxygen atoms in total. The minimum Gasteiger partial charge on any atom is -0.480 e. The fourth-order valence-corrected chi connectivity index (χ4v) is 4.31. The van der Waals surface area contributed by atoms with Crippen LogP contribution in [0.1, 0.15) is 64.3 Å². The van der Waals surface area contributed by atoms with E-state index >= 15 is 0 Å². The Labute approximate surface area is 160 Å². The zero-order valence-corrected chi connectivity index (χ0v) is 15.9. The van der Waals surface area contributed by atoms with Crippen LogP contribution in [0.4, 0.5) is 5.00 Å². The first kappa shape index (κ1) is 19.2. The van der Waals surface area contributed by atoms with Crippen molar-refractivity contribution in [1.29, 1.82) is 0 Å². The molecule has 0 bridgehead atoms. The van der Waals surface area contributed by atoms with Crippen molar-refractivity contribution < 1.29 is 23.9 Å². The lowest BCUT2D eigenvalue weighted by molar-refractivity contribution is -0.145. The molecule has 3 rings (SSSR count). The van der Waals surface area contributed by atoms with Gasteiger partial charge in [-0.05, 0) is 43.5 Å². The first-order chi connectivity index (χ1) is 12.9. The van der Waals surface area contributed by atoms with Crippen molar-refractivity contribution in [2.75, 3.05) is 5.32 Å². The van der Waals surface area contributed by atoms with Gasteiger partial charge in [-0.3, -0.25) is 9.59 Å². The van der Waals surface area contributed by atoms with E-state index in [1.165, 1.54) is 6.26 Å². The second-order valence-electron chi connectivity index (χ2n) is 6.81. The number of aryl methyl sites for hydroxylation is 1. The predicted octanol–water partition coefficient (Wildman–Crippen LogP) is 3.81. The minimum absolute atomic E-state index is 0.176. The summed E-state index contributed by atoms with van der Waals surface area (Å²) >= 11 is 1.12. The Morgan fingerprint density at radius 2 is 1.85 bits per heavy atom. The Bertz CT molecular complexity index is 832. The summed E-state index contributed by atoms with van der Waals surface area (Å²) in [4.78, 5) is 37.2. The van der Waals surface area contributed by atoms with Crippen LogP contribution in [0.3, 0.4) is 0 Å². The van der Waals surface area contributed by atoms with E-state index in [2.05, 4.69) is 10.6 Å². The van der Waals surface area contributed by atoms with E-state index in [9.17, 15) is 19.5 Å². The van der Waals surface area contributed by atoms with Gasteiger partial charge in [-0.15, -0.1) is 11.3 Å². The molecular weight excluding hydrogens is 368 g/mol. The van der Waals surface area contributed by atoms with E-state index in [0.717, 1.165) is 37.0 Å². The first-order valence-electron chi connectivity index (χ1n) is 8.92. The van der Waals surface area contributed by atoms with Gasteiger partial charge in [-0.25, -0.2) is 4.79 Å². The molecule has 8 heteroatoms. The summed E-state index contributed by atoms with van der Waals surface area (Å²) in [6, 6.07) is 4.86. The Balaban J connectivity index is 1.75. The summed E-state index contributed by atoms with van der Waals surface area (Å²) in [6.45, 7) is 1.76. The fraction of sp³-hybridized carbons (Fsp3) is 0.421. The highest BCUT2D eigenvalue weighted by atomic mass is 32.1. The number of hydrogen-bond acceptors (Lipinski definition) is 5. The highest BCUT2D eigenvalue weighted by molar-refractivity contribution is 7.18. The summed E-state index contributed by atoms with van der Waals surface area (Å²) in [5.41, 5.74) is -0.539. The van der Waals surface area contributed by atoms with Crippen LogP contribution in [0, 0.1) is 6.92 Å². The Hall–Kier alpha value is -2.61. The quantitative estimate of drug-likeness (QED) is 0.673. The smallest absolute Gasteiger partial charge is 0.329 e. The van der Waals surface area contributed by atoms with Crippen molar-refractivity contribution in [2.24, 2.45) is 0 Å². The van der Waals surface area contributed by atoms with Gasteiger partial charge in [-0.2, -0.15) is 0 Å². The fourth-order valence-electron chi connectivity index (χ4n) is 3.35. The summed E-state index contributed by atoms with van der Waals surface area (Å²) < 4.78 is 5.05. The number of nitrogens with one attached hydrogen (secondary N) is 2. The van der Waals surface area contributed by atoms with Gasteiger partial charge in [0.1, 0.15) is 5.54 Å². The third-order valence-corrected chi connectivity index (χ3v) is 5.98. The van der Waals surface area contributed by atoms with E-state index in [4.69, 9.17) is 4.42 Å². The van der Waals surface area contributed by atoms with Crippen LogP contribution in [-0.2, 0) is 4.79 Å². The molecule has 0 spiro atoms. The molecular formula is C19H22N2O5S. The molecule has 0 saturated heterocycles. The number of thiophene rings is 1. The van der Waals surface area contributed by atoms with Gasteiger partial charge < -0.3 is 20.2 Å². The number of rotatable bonds is 5. The number of carbonyl (C=O) groups excluding carboxylic acids is 2. The van der Waals surface area contributed by atoms with Crippen LogP contribution in [0.25, 0.3) is 0 Å². The number of furan rings is 1. The monoisotopic (exact) mass is 390 g/mol. The van der Waals surface area contributed by atoms with Crippen LogP contribution < -0.4 is 10.6 Å². The Kier molecular flexibility index (Phi) is 5.65. The molecule has 0 aliphatic heterocycles. The van der Waals surface area contributed by atoms with Gasteiger partial charge in [-0.1, -0.05) is 25.7 Å². The number of aliphatic carboxylic acids is 1. The maximum atomic E-state index is 12.8. The highest BCUT2D eigenvalue weighted by Gasteiger charge is 2.40. The van der Waals surface area contributed by atoms with Gasteiger partial charge in [0.15, 0.2) is 5.76 Å². The highest BCUT2D eigenvalue weighted by Crippen LogP contribution is 2.31. The van der Waals surface area contributed by atoms with Crippen LogP contribution in [-0.4, -0.2) is 28.4 Å². The second-order valence-corrected chi connectivity index (χ2v) is 7.86. The average Bonchev–Trinajstić information content (AvgIpc) is 3.21. The van der Waals surface area contributed by atoms with Crippen molar-refractivity contribution in [1.82, 2.24) is 5.32 Å². The normalized spacial score (nSPS) is 16.3. The number of carbonyl (C=O) groups is 3. The van der Waals surface area contributed by atoms with Crippen LogP contribution in [0.5, 0.6) is 0 Å². The van der Waals surface area contributed by atoms with E-state index < -0.39 is 23.3 Å². The van der Waals surface area contributed by atoms with Crippen molar-refractivity contribution in [2.45, 2.75) is 51.0 Å². The third kappa shape index (κ3) is 4.21. The second kappa shape index (κ2) is 7.96. The summed E-state index contributed by atoms with van der Waals surface area (Å²) in [6.07, 6.45) is 5.78. The molecule has 0 atom stereocenters. The molecule has 0 aromatic carbocycles. The van der Waals surface area contributed by atoms with Crippen LogP contribution in [0.15, 0.2) is 28.9 Å². The molecule has 2 aromatic rings. The molecule has 2 aromatic heterocycles. The van der Waals surface area contributed by atoms with Crippen LogP contribution >= 0.6 is 11.3 Å². The molecule has 0 radical (unpaired) electrons. The summed E-state index contributed by atoms with van der Waals surface area (Å²) in [5, 5.41) is 15.7. The summed E-state index contributed by atoms with van der Waals surface area (Å²) in [7, 11) is 0. The van der Waals surface area contributed by atoms with Crippen LogP contribution in [0.2, 0.25) is 0 Å². The van der Waals surface area contributed by atoms with E-state index in [1.54, 1.807) is 25.1 Å². The largest absolute Gasteiger partial charge is 0.480 e. The molecule has 0 unspecified atom stereocenters. The maximum absolute atomic E-state index is 12.8. The van der Waals surface area contributed by atoms with Crippen molar-refractivity contribution in [3.8, 4) is 0 Å². The van der Waals surface area contributed by atoms with Gasteiger partial charge in [0.2, 0.25) is 0 Å². The van der Waals surface area contributed by atoms with Crippen molar-refractivity contribution in [3.63, 3.8) is 0 Å². The molecule has 2 amide bonds. The lowest BCUT2D eigenvalue weighted by atomic mass is 9.90. The lowest BCUT2D eigenvalue weighted by Gasteiger charge is -2.29. The van der Waals surface area contributed by atoms with Gasteiger partial charge in [0, 0.05) is 0 Å². The van der Waals surface area contributed by atoms with E-state index in [-0.39, 0.29) is 5.76 Å². The first-order valence-corrected chi connectivity index (χ1v) is 9.74. The standard InChI is InChI=1S/C19H22N2O5S/c1-12-11-14(20-16(22)13-7-6-10-26-13)27-15(12)17(23)21-19(18(24)25)8-4-2-3-5-9-19/h6-7,10-11H,2-5,8-9H2,1H3,(H,20,22)(H,21,23)(H,24,25). The Morgan fingerprint density at radius 3 is 2.44 bits per heavy atom. The zero-order chi connectivity index (χ0) is 19.4. The van der Waals surface area contributed by atoms with E-state index in [1.807, 2.05) is 0 Å². The topological polar surface area (TPSA) is 109 Å². The molecule has 3 N–H and O–H groups in total. The SMILES string of the molecule is Cc1cc(NC(=O)c2ccco2)sc1C(=O)NC1(C(=O)O)CCCCCC1.